The molecular formula is C9H14ClN3O3S. The largest absolute Gasteiger partial charge is 0.333 e. The van der Waals surface area contributed by atoms with E-state index < -0.39 is 10.3 Å². The van der Waals surface area contributed by atoms with Gasteiger partial charge >= 0.3 is 10.3 Å². The molecule has 2 N–H and O–H groups in total. The Balaban J connectivity index is 2.63. The summed E-state index contributed by atoms with van der Waals surface area (Å²) in [5.74, 6) is -0.00730. The van der Waals surface area contributed by atoms with E-state index in [-0.39, 0.29) is 23.7 Å². The second-order valence-electron chi connectivity index (χ2n) is 3.83. The van der Waals surface area contributed by atoms with Crippen LogP contribution >= 0.6 is 11.6 Å². The summed E-state index contributed by atoms with van der Waals surface area (Å²) in [6.45, 7) is 3.79. The van der Waals surface area contributed by atoms with E-state index in [1.54, 1.807) is 12.4 Å². The van der Waals surface area contributed by atoms with E-state index in [1.807, 2.05) is 13.8 Å². The maximum Gasteiger partial charge on any atom is 0.333 e. The summed E-state index contributed by atoms with van der Waals surface area (Å²) in [5, 5.41) is 4.93. The van der Waals surface area contributed by atoms with Crippen molar-refractivity contribution in [3.63, 3.8) is 0 Å². The van der Waals surface area contributed by atoms with E-state index in [0.717, 1.165) is 5.56 Å². The number of rotatable bonds is 5. The van der Waals surface area contributed by atoms with Crippen molar-refractivity contribution in [1.29, 1.82) is 0 Å². The van der Waals surface area contributed by atoms with Gasteiger partial charge in [-0.2, -0.15) is 8.42 Å². The van der Waals surface area contributed by atoms with Crippen molar-refractivity contribution < 1.29 is 12.6 Å². The molecule has 6 nitrogen and oxygen atoms in total. The van der Waals surface area contributed by atoms with Crippen LogP contribution < -0.4 is 5.14 Å². The van der Waals surface area contributed by atoms with Gasteiger partial charge in [0.1, 0.15) is 0 Å². The van der Waals surface area contributed by atoms with Crippen LogP contribution in [-0.4, -0.2) is 25.0 Å². The summed E-state index contributed by atoms with van der Waals surface area (Å²) < 4.78 is 25.8. The van der Waals surface area contributed by atoms with Crippen LogP contribution in [0.2, 0.25) is 5.28 Å². The molecule has 0 aliphatic rings. The molecule has 0 radical (unpaired) electrons. The zero-order valence-corrected chi connectivity index (χ0v) is 11.1. The second-order valence-corrected chi connectivity index (χ2v) is 5.39. The molecule has 0 fully saturated rings. The Bertz CT molecular complexity index is 463. The average molecular weight is 280 g/mol. The lowest BCUT2D eigenvalue weighted by Gasteiger charge is -2.18. The Morgan fingerprint density at radius 3 is 2.41 bits per heavy atom. The van der Waals surface area contributed by atoms with E-state index in [0.29, 0.717) is 0 Å². The summed E-state index contributed by atoms with van der Waals surface area (Å²) in [6, 6.07) is 0. The minimum atomic E-state index is -3.89. The first-order valence-electron chi connectivity index (χ1n) is 4.94. The van der Waals surface area contributed by atoms with E-state index >= 15 is 0 Å². The van der Waals surface area contributed by atoms with Crippen molar-refractivity contribution in [2.24, 2.45) is 11.1 Å². The fourth-order valence-corrected chi connectivity index (χ4v) is 1.73. The number of halogens is 1. The average Bonchev–Trinajstić information content (AvgIpc) is 2.25. The molecule has 1 aromatic rings. The standard InChI is InChI=1S/C9H14ClN3O3S/c1-6(5-16-17(11,14)15)7(2)8-3-12-9(10)13-4-8/h3-4,6-7H,5H2,1-2H3,(H2,11,14,15). The van der Waals surface area contributed by atoms with Gasteiger partial charge in [0.05, 0.1) is 6.61 Å². The van der Waals surface area contributed by atoms with Gasteiger partial charge in [-0.1, -0.05) is 13.8 Å². The van der Waals surface area contributed by atoms with Crippen molar-refractivity contribution in [2.45, 2.75) is 19.8 Å². The monoisotopic (exact) mass is 279 g/mol. The Morgan fingerprint density at radius 2 is 1.94 bits per heavy atom. The minimum absolute atomic E-state index is 0.0165. The van der Waals surface area contributed by atoms with Crippen molar-refractivity contribution >= 4 is 21.9 Å². The summed E-state index contributed by atoms with van der Waals surface area (Å²) in [4.78, 5) is 7.72. The lowest BCUT2D eigenvalue weighted by Crippen LogP contribution is -2.21. The first-order chi connectivity index (χ1) is 7.79. The Hall–Kier alpha value is -0.760. The maximum absolute atomic E-state index is 10.7. The van der Waals surface area contributed by atoms with Crippen LogP contribution in [-0.2, 0) is 14.5 Å². The van der Waals surface area contributed by atoms with E-state index in [1.165, 1.54) is 0 Å². The highest BCUT2D eigenvalue weighted by Gasteiger charge is 2.17. The van der Waals surface area contributed by atoms with Crippen molar-refractivity contribution in [1.82, 2.24) is 9.97 Å². The summed E-state index contributed by atoms with van der Waals surface area (Å²) in [6.07, 6.45) is 3.21. The molecule has 1 heterocycles. The van der Waals surface area contributed by atoms with Crippen molar-refractivity contribution in [3.8, 4) is 0 Å². The molecule has 1 rings (SSSR count). The van der Waals surface area contributed by atoms with Gasteiger partial charge in [0.15, 0.2) is 0 Å². The highest BCUT2D eigenvalue weighted by atomic mass is 35.5. The molecular weight excluding hydrogens is 266 g/mol. The molecule has 96 valence electrons. The van der Waals surface area contributed by atoms with Crippen molar-refractivity contribution in [3.05, 3.63) is 23.2 Å². The maximum atomic E-state index is 10.7. The first-order valence-corrected chi connectivity index (χ1v) is 6.79. The Labute approximate surface area is 105 Å². The quantitative estimate of drug-likeness (QED) is 0.814. The van der Waals surface area contributed by atoms with Crippen LogP contribution in [0.3, 0.4) is 0 Å². The topological polar surface area (TPSA) is 95.2 Å². The second kappa shape index (κ2) is 5.72. The molecule has 0 saturated heterocycles. The van der Waals surface area contributed by atoms with Gasteiger partial charge in [0.25, 0.3) is 0 Å². The number of nitrogens with two attached hydrogens (primary N) is 1. The van der Waals surface area contributed by atoms with Gasteiger partial charge in [-0.3, -0.25) is 4.18 Å². The van der Waals surface area contributed by atoms with Gasteiger partial charge in [0.2, 0.25) is 5.28 Å². The third-order valence-corrected chi connectivity index (χ3v) is 3.17. The summed E-state index contributed by atoms with van der Waals surface area (Å²) in [7, 11) is -3.89. The molecule has 0 saturated carbocycles. The van der Waals surface area contributed by atoms with Crippen LogP contribution in [0.1, 0.15) is 25.3 Å². The van der Waals surface area contributed by atoms with Crippen LogP contribution in [0, 0.1) is 5.92 Å². The lowest BCUT2D eigenvalue weighted by molar-refractivity contribution is 0.247. The zero-order valence-electron chi connectivity index (χ0n) is 9.50. The van der Waals surface area contributed by atoms with E-state index in [4.69, 9.17) is 16.7 Å². The third-order valence-electron chi connectivity index (χ3n) is 2.51. The molecule has 0 spiro atoms. The fourth-order valence-electron chi connectivity index (χ4n) is 1.23. The van der Waals surface area contributed by atoms with Crippen LogP contribution in [0.15, 0.2) is 12.4 Å². The molecule has 1 aromatic heterocycles. The Morgan fingerprint density at radius 1 is 1.41 bits per heavy atom. The molecule has 0 bridgehead atoms. The first kappa shape index (κ1) is 14.3. The van der Waals surface area contributed by atoms with Crippen LogP contribution in [0.4, 0.5) is 0 Å². The van der Waals surface area contributed by atoms with Crippen LogP contribution in [0.25, 0.3) is 0 Å². The van der Waals surface area contributed by atoms with E-state index in [2.05, 4.69) is 14.2 Å². The minimum Gasteiger partial charge on any atom is -0.258 e. The number of hydrogen-bond acceptors (Lipinski definition) is 5. The number of nitrogens with zero attached hydrogens (tertiary/aromatic N) is 2. The summed E-state index contributed by atoms with van der Waals surface area (Å²) in [5.41, 5.74) is 0.861. The van der Waals surface area contributed by atoms with Gasteiger partial charge in [0, 0.05) is 12.4 Å². The number of hydrogen-bond donors (Lipinski definition) is 1. The fraction of sp³-hybridized carbons (Fsp3) is 0.556. The van der Waals surface area contributed by atoms with Gasteiger partial charge in [-0.05, 0) is 29.0 Å². The van der Waals surface area contributed by atoms with Crippen molar-refractivity contribution in [2.75, 3.05) is 6.61 Å². The SMILES string of the molecule is CC(COS(N)(=O)=O)C(C)c1cnc(Cl)nc1. The lowest BCUT2D eigenvalue weighted by atomic mass is 9.91. The van der Waals surface area contributed by atoms with Gasteiger partial charge in [-0.25, -0.2) is 15.1 Å². The zero-order chi connectivity index (χ0) is 13.1. The molecule has 0 amide bonds. The predicted molar refractivity (Wildman–Crippen MR) is 63.7 cm³/mol. The molecule has 0 aliphatic heterocycles. The normalized spacial score (nSPS) is 15.5. The molecule has 0 aromatic carbocycles. The smallest absolute Gasteiger partial charge is 0.258 e. The van der Waals surface area contributed by atoms with Gasteiger partial charge in [-0.15, -0.1) is 0 Å². The van der Waals surface area contributed by atoms with E-state index in [9.17, 15) is 8.42 Å². The molecule has 8 heteroatoms. The predicted octanol–water partition coefficient (Wildman–Crippen LogP) is 1.09. The molecule has 2 unspecified atom stereocenters. The Kier molecular flexibility index (Phi) is 4.81. The highest BCUT2D eigenvalue weighted by molar-refractivity contribution is 7.84. The third kappa shape index (κ3) is 4.95. The molecule has 0 aliphatic carbocycles. The molecule has 17 heavy (non-hydrogen) atoms. The van der Waals surface area contributed by atoms with Crippen LogP contribution in [0.5, 0.6) is 0 Å². The summed E-state index contributed by atoms with van der Waals surface area (Å²) >= 11 is 5.57. The van der Waals surface area contributed by atoms with Gasteiger partial charge < -0.3 is 0 Å². The number of aromatic nitrogens is 2. The molecule has 2 atom stereocenters. The highest BCUT2D eigenvalue weighted by Crippen LogP contribution is 2.23.